The molecule has 1 fully saturated rings. The number of hydrogen-bond acceptors (Lipinski definition) is 3. The number of amides is 1. The van der Waals surface area contributed by atoms with Crippen LogP contribution >= 0.6 is 0 Å². The molecule has 2 rings (SSSR count). The van der Waals surface area contributed by atoms with Crippen LogP contribution < -0.4 is 0 Å². The first-order chi connectivity index (χ1) is 9.08. The molecule has 0 bridgehead atoms. The second-order valence-corrected chi connectivity index (χ2v) is 4.41. The van der Waals surface area contributed by atoms with Gasteiger partial charge in [-0.2, -0.15) is 0 Å². The van der Waals surface area contributed by atoms with Crippen LogP contribution in [0.15, 0.2) is 30.3 Å². The second kappa shape index (κ2) is 5.69. The minimum Gasteiger partial charge on any atom is -0.481 e. The molecule has 0 unspecified atom stereocenters. The van der Waals surface area contributed by atoms with Crippen LogP contribution in [0.5, 0.6) is 0 Å². The Morgan fingerprint density at radius 1 is 1.32 bits per heavy atom. The lowest BCUT2D eigenvalue weighted by Crippen LogP contribution is -2.30. The number of benzene rings is 1. The lowest BCUT2D eigenvalue weighted by Gasteiger charge is -2.15. The molecule has 2 atom stereocenters. The van der Waals surface area contributed by atoms with E-state index in [0.29, 0.717) is 0 Å². The Bertz CT molecular complexity index is 465. The summed E-state index contributed by atoms with van der Waals surface area (Å²) >= 11 is 0. The van der Waals surface area contributed by atoms with Crippen LogP contribution in [0.25, 0.3) is 0 Å². The monoisotopic (exact) mass is 267 g/mol. The Morgan fingerprint density at radius 2 is 2.00 bits per heavy atom. The van der Waals surface area contributed by atoms with Crippen LogP contribution in [0.4, 0.5) is 9.18 Å². The summed E-state index contributed by atoms with van der Waals surface area (Å²) in [5.41, 5.74) is 0.821. The van der Waals surface area contributed by atoms with E-state index in [4.69, 9.17) is 9.84 Å². The molecule has 6 heteroatoms. The number of alkyl halides is 1. The van der Waals surface area contributed by atoms with E-state index in [1.807, 2.05) is 18.2 Å². The number of nitrogens with zero attached hydrogens (tertiary/aromatic N) is 1. The molecule has 0 radical (unpaired) electrons. The summed E-state index contributed by atoms with van der Waals surface area (Å²) < 4.78 is 18.4. The number of halogens is 1. The fraction of sp³-hybridized carbons (Fsp3) is 0.385. The summed E-state index contributed by atoms with van der Waals surface area (Å²) in [5.74, 6) is -2.39. The smallest absolute Gasteiger partial charge is 0.410 e. The van der Waals surface area contributed by atoms with E-state index in [2.05, 4.69) is 0 Å². The van der Waals surface area contributed by atoms with Crippen LogP contribution in [0.3, 0.4) is 0 Å². The number of carbonyl (C=O) groups excluding carboxylic acids is 1. The van der Waals surface area contributed by atoms with Crippen LogP contribution in [0.1, 0.15) is 5.56 Å². The third-order valence-electron chi connectivity index (χ3n) is 3.03. The molecule has 1 aromatic rings. The maximum Gasteiger partial charge on any atom is 0.410 e. The van der Waals surface area contributed by atoms with Crippen LogP contribution in [-0.2, 0) is 16.1 Å². The molecule has 0 spiro atoms. The minimum atomic E-state index is -1.54. The number of likely N-dealkylation sites (tertiary alicyclic amines) is 1. The average Bonchev–Trinajstić information content (AvgIpc) is 2.79. The van der Waals surface area contributed by atoms with Crippen molar-refractivity contribution >= 4 is 12.1 Å². The summed E-state index contributed by atoms with van der Waals surface area (Å²) in [6.45, 7) is -0.292. The molecule has 19 heavy (non-hydrogen) atoms. The van der Waals surface area contributed by atoms with Crippen LogP contribution in [0, 0.1) is 5.92 Å². The number of carbonyl (C=O) groups is 2. The quantitative estimate of drug-likeness (QED) is 0.904. The third kappa shape index (κ3) is 3.21. The summed E-state index contributed by atoms with van der Waals surface area (Å²) in [7, 11) is 0. The molecular weight excluding hydrogens is 253 g/mol. The molecule has 102 valence electrons. The third-order valence-corrected chi connectivity index (χ3v) is 3.03. The summed E-state index contributed by atoms with van der Waals surface area (Å²) in [6, 6.07) is 9.08. The highest BCUT2D eigenvalue weighted by atomic mass is 19.1. The number of rotatable bonds is 3. The average molecular weight is 267 g/mol. The van der Waals surface area contributed by atoms with E-state index in [0.717, 1.165) is 10.5 Å². The maximum absolute atomic E-state index is 13.4. The predicted octanol–water partition coefficient (Wildman–Crippen LogP) is 1.68. The maximum atomic E-state index is 13.4. The van der Waals surface area contributed by atoms with E-state index < -0.39 is 24.2 Å². The van der Waals surface area contributed by atoms with Gasteiger partial charge in [-0.1, -0.05) is 30.3 Å². The Kier molecular flexibility index (Phi) is 3.99. The van der Waals surface area contributed by atoms with Crippen molar-refractivity contribution < 1.29 is 23.8 Å². The standard InChI is InChI=1S/C13H14FNO4/c14-11-7-15(6-10(11)12(16)17)13(18)19-8-9-4-2-1-3-5-9/h1-5,10-11H,6-8H2,(H,16,17)/t10-,11-/m0/s1. The van der Waals surface area contributed by atoms with E-state index in [1.165, 1.54) is 0 Å². The number of ether oxygens (including phenoxy) is 1. The second-order valence-electron chi connectivity index (χ2n) is 4.41. The van der Waals surface area contributed by atoms with Gasteiger partial charge < -0.3 is 14.7 Å². The van der Waals surface area contributed by atoms with Gasteiger partial charge in [0.05, 0.1) is 6.54 Å². The van der Waals surface area contributed by atoms with Crippen molar-refractivity contribution in [1.82, 2.24) is 4.90 Å². The molecule has 1 N–H and O–H groups in total. The van der Waals surface area contributed by atoms with Gasteiger partial charge in [-0.15, -0.1) is 0 Å². The SMILES string of the molecule is O=C(O)[C@H]1CN(C(=O)OCc2ccccc2)C[C@@H]1F. The van der Waals surface area contributed by atoms with Gasteiger partial charge in [0.25, 0.3) is 0 Å². The van der Waals surface area contributed by atoms with Crippen molar-refractivity contribution in [3.8, 4) is 0 Å². The van der Waals surface area contributed by atoms with Gasteiger partial charge in [-0.3, -0.25) is 4.79 Å². The van der Waals surface area contributed by atoms with Crippen molar-refractivity contribution in [2.75, 3.05) is 13.1 Å². The molecule has 1 aliphatic rings. The van der Waals surface area contributed by atoms with Crippen molar-refractivity contribution in [2.24, 2.45) is 5.92 Å². The first-order valence-corrected chi connectivity index (χ1v) is 5.90. The van der Waals surface area contributed by atoms with Crippen molar-refractivity contribution in [1.29, 1.82) is 0 Å². The Morgan fingerprint density at radius 3 is 2.58 bits per heavy atom. The molecule has 0 aliphatic carbocycles. The van der Waals surface area contributed by atoms with Gasteiger partial charge in [0.2, 0.25) is 0 Å². The summed E-state index contributed by atoms with van der Waals surface area (Å²) in [5, 5.41) is 8.77. The van der Waals surface area contributed by atoms with E-state index >= 15 is 0 Å². The number of carboxylic acids is 1. The van der Waals surface area contributed by atoms with Crippen LogP contribution in [-0.4, -0.2) is 41.3 Å². The molecule has 1 aromatic carbocycles. The highest BCUT2D eigenvalue weighted by Gasteiger charge is 2.40. The first kappa shape index (κ1) is 13.3. The zero-order chi connectivity index (χ0) is 13.8. The van der Waals surface area contributed by atoms with Gasteiger partial charge in [-0.05, 0) is 5.56 Å². The highest BCUT2D eigenvalue weighted by Crippen LogP contribution is 2.21. The fourth-order valence-corrected chi connectivity index (χ4v) is 1.96. The number of hydrogen-bond donors (Lipinski definition) is 1. The number of carboxylic acid groups (broad SMARTS) is 1. The lowest BCUT2D eigenvalue weighted by atomic mass is 10.1. The Balaban J connectivity index is 1.86. The fourth-order valence-electron chi connectivity index (χ4n) is 1.96. The molecule has 5 nitrogen and oxygen atoms in total. The molecule has 1 heterocycles. The van der Waals surface area contributed by atoms with Crippen molar-refractivity contribution in [3.63, 3.8) is 0 Å². The molecule has 0 aromatic heterocycles. The van der Waals surface area contributed by atoms with E-state index in [9.17, 15) is 14.0 Å². The lowest BCUT2D eigenvalue weighted by molar-refractivity contribution is -0.142. The first-order valence-electron chi connectivity index (χ1n) is 5.90. The van der Waals surface area contributed by atoms with Crippen molar-refractivity contribution in [2.45, 2.75) is 12.8 Å². The molecule has 1 amide bonds. The predicted molar refractivity (Wildman–Crippen MR) is 64.2 cm³/mol. The van der Waals surface area contributed by atoms with E-state index in [1.54, 1.807) is 12.1 Å². The summed E-state index contributed by atoms with van der Waals surface area (Å²) in [6.07, 6.45) is -2.22. The van der Waals surface area contributed by atoms with Crippen LogP contribution in [0.2, 0.25) is 0 Å². The zero-order valence-corrected chi connectivity index (χ0v) is 10.2. The van der Waals surface area contributed by atoms with E-state index in [-0.39, 0.29) is 19.7 Å². The van der Waals surface area contributed by atoms with Gasteiger partial charge in [-0.25, -0.2) is 9.18 Å². The largest absolute Gasteiger partial charge is 0.481 e. The van der Waals surface area contributed by atoms with Gasteiger partial charge in [0, 0.05) is 6.54 Å². The molecule has 1 aliphatic heterocycles. The summed E-state index contributed by atoms with van der Waals surface area (Å²) in [4.78, 5) is 23.5. The topological polar surface area (TPSA) is 66.8 Å². The van der Waals surface area contributed by atoms with Crippen molar-refractivity contribution in [3.05, 3.63) is 35.9 Å². The Labute approximate surface area is 109 Å². The zero-order valence-electron chi connectivity index (χ0n) is 10.2. The minimum absolute atomic E-state index is 0.0882. The molecular formula is C13H14FNO4. The number of aliphatic carboxylic acids is 1. The highest BCUT2D eigenvalue weighted by molar-refractivity contribution is 5.75. The van der Waals surface area contributed by atoms with Gasteiger partial charge >= 0.3 is 12.1 Å². The Hall–Kier alpha value is -2.11. The molecule has 0 saturated carbocycles. The molecule has 1 saturated heterocycles. The van der Waals surface area contributed by atoms with Gasteiger partial charge in [0.15, 0.2) is 0 Å². The van der Waals surface area contributed by atoms with Gasteiger partial charge in [0.1, 0.15) is 18.7 Å². The normalized spacial score (nSPS) is 22.3.